The van der Waals surface area contributed by atoms with Gasteiger partial charge in [-0.3, -0.25) is 30.4 Å². The average molecular weight is 310 g/mol. The number of ether oxygens (including phenoxy) is 1. The average Bonchev–Trinajstić information content (AvgIpc) is 2.44. The minimum Gasteiger partial charge on any atom is -0.465 e. The number of nitro benzene ring substituents is 2. The Balaban J connectivity index is 2.82. The van der Waals surface area contributed by atoms with Crippen LogP contribution in [-0.4, -0.2) is 28.1 Å². The third kappa shape index (κ3) is 5.15. The van der Waals surface area contributed by atoms with Crippen LogP contribution in [0.15, 0.2) is 23.3 Å². The summed E-state index contributed by atoms with van der Waals surface area (Å²) in [7, 11) is 0. The minimum absolute atomic E-state index is 0.0300. The maximum Gasteiger partial charge on any atom is 0.302 e. The smallest absolute Gasteiger partial charge is 0.302 e. The summed E-state index contributed by atoms with van der Waals surface area (Å²) in [6, 6.07) is 3.20. The van der Waals surface area contributed by atoms with E-state index < -0.39 is 21.5 Å². The fourth-order valence-electron chi connectivity index (χ4n) is 1.43. The molecule has 0 aliphatic heterocycles. The molecule has 10 heteroatoms. The minimum atomic E-state index is -0.737. The molecule has 0 aliphatic carbocycles. The van der Waals surface area contributed by atoms with Gasteiger partial charge in [0.1, 0.15) is 5.69 Å². The maximum atomic E-state index is 10.9. The Hall–Kier alpha value is -3.04. The molecule has 1 aromatic rings. The van der Waals surface area contributed by atoms with E-state index in [9.17, 15) is 25.0 Å². The van der Waals surface area contributed by atoms with Gasteiger partial charge in [-0.1, -0.05) is 0 Å². The number of nitrogens with one attached hydrogen (secondary N) is 1. The molecule has 0 fully saturated rings. The van der Waals surface area contributed by atoms with Crippen molar-refractivity contribution >= 4 is 28.7 Å². The monoisotopic (exact) mass is 310 g/mol. The second-order valence-corrected chi connectivity index (χ2v) is 4.26. The molecule has 0 unspecified atom stereocenters. The van der Waals surface area contributed by atoms with Gasteiger partial charge in [0.25, 0.3) is 5.69 Å². The van der Waals surface area contributed by atoms with Crippen molar-refractivity contribution in [2.75, 3.05) is 12.0 Å². The van der Waals surface area contributed by atoms with E-state index in [1.54, 1.807) is 6.92 Å². The first-order valence-corrected chi connectivity index (χ1v) is 6.16. The lowest BCUT2D eigenvalue weighted by atomic mass is 10.2. The van der Waals surface area contributed by atoms with E-state index in [2.05, 4.69) is 10.5 Å². The number of benzene rings is 1. The zero-order valence-electron chi connectivity index (χ0n) is 11.9. The van der Waals surface area contributed by atoms with Gasteiger partial charge in [0, 0.05) is 25.1 Å². The summed E-state index contributed by atoms with van der Waals surface area (Å²) in [6.07, 6.45) is 0.355. The summed E-state index contributed by atoms with van der Waals surface area (Å²) < 4.78 is 4.74. The lowest BCUT2D eigenvalue weighted by Gasteiger charge is -2.05. The Morgan fingerprint density at radius 2 is 1.95 bits per heavy atom. The largest absolute Gasteiger partial charge is 0.465 e. The van der Waals surface area contributed by atoms with Crippen LogP contribution in [0.4, 0.5) is 17.1 Å². The number of nitro groups is 2. The summed E-state index contributed by atoms with van der Waals surface area (Å²) in [5, 5.41) is 25.5. The molecule has 0 amide bonds. The van der Waals surface area contributed by atoms with E-state index >= 15 is 0 Å². The normalized spacial score (nSPS) is 10.9. The molecule has 0 radical (unpaired) electrons. The van der Waals surface area contributed by atoms with Crippen LogP contribution in [0.3, 0.4) is 0 Å². The fraction of sp³-hybridized carbons (Fsp3) is 0.333. The van der Waals surface area contributed by atoms with Gasteiger partial charge in [-0.15, -0.1) is 0 Å². The number of hydrogen-bond donors (Lipinski definition) is 1. The van der Waals surface area contributed by atoms with Gasteiger partial charge in [0.15, 0.2) is 0 Å². The maximum absolute atomic E-state index is 10.9. The first-order chi connectivity index (χ1) is 10.3. The highest BCUT2D eigenvalue weighted by molar-refractivity contribution is 5.83. The van der Waals surface area contributed by atoms with Crippen LogP contribution in [0.5, 0.6) is 0 Å². The van der Waals surface area contributed by atoms with E-state index in [-0.39, 0.29) is 18.0 Å². The predicted octanol–water partition coefficient (Wildman–Crippen LogP) is 2.24. The van der Waals surface area contributed by atoms with Crippen molar-refractivity contribution in [1.29, 1.82) is 0 Å². The molecule has 1 aromatic carbocycles. The van der Waals surface area contributed by atoms with E-state index in [0.717, 1.165) is 12.1 Å². The molecule has 0 spiro atoms. The Morgan fingerprint density at radius 1 is 1.27 bits per heavy atom. The molecule has 0 saturated heterocycles. The van der Waals surface area contributed by atoms with E-state index in [1.165, 1.54) is 13.0 Å². The fourth-order valence-corrected chi connectivity index (χ4v) is 1.43. The van der Waals surface area contributed by atoms with Crippen molar-refractivity contribution in [2.45, 2.75) is 20.3 Å². The van der Waals surface area contributed by atoms with Crippen molar-refractivity contribution in [3.8, 4) is 0 Å². The standard InChI is InChI=1S/C12H14N4O6/c1-8(5-6-22-9(2)17)13-14-11-4-3-10(15(18)19)7-12(11)16(20)21/h3-4,7,14H,5-6H2,1-2H3/b13-8+. The SMILES string of the molecule is CC(=O)OCC/C(C)=N/Nc1ccc([N+](=O)[O-])cc1[N+](=O)[O-]. The number of hydrazone groups is 1. The Bertz CT molecular complexity index is 628. The number of carbonyl (C=O) groups excluding carboxylic acids is 1. The molecule has 0 aromatic heterocycles. The zero-order chi connectivity index (χ0) is 16.7. The lowest BCUT2D eigenvalue weighted by Crippen LogP contribution is -2.06. The molecule has 118 valence electrons. The van der Waals surface area contributed by atoms with Crippen molar-refractivity contribution in [3.63, 3.8) is 0 Å². The molecule has 0 heterocycles. The molecule has 0 saturated carbocycles. The van der Waals surface area contributed by atoms with Crippen molar-refractivity contribution in [1.82, 2.24) is 0 Å². The summed E-state index contributed by atoms with van der Waals surface area (Å²) in [5.41, 5.74) is 2.23. The van der Waals surface area contributed by atoms with Crippen LogP contribution in [0.1, 0.15) is 20.3 Å². The Morgan fingerprint density at radius 3 is 2.50 bits per heavy atom. The quantitative estimate of drug-likeness (QED) is 0.353. The van der Waals surface area contributed by atoms with Crippen LogP contribution >= 0.6 is 0 Å². The Kier molecular flexibility index (Phi) is 5.93. The highest BCUT2D eigenvalue weighted by atomic mass is 16.6. The number of anilines is 1. The molecule has 1 N–H and O–H groups in total. The van der Waals surface area contributed by atoms with E-state index in [0.29, 0.717) is 12.1 Å². The third-order valence-electron chi connectivity index (χ3n) is 2.53. The number of carbonyl (C=O) groups is 1. The molecule has 1 rings (SSSR count). The number of hydrogen-bond acceptors (Lipinski definition) is 8. The zero-order valence-corrected chi connectivity index (χ0v) is 11.9. The predicted molar refractivity (Wildman–Crippen MR) is 77.7 cm³/mol. The van der Waals surface area contributed by atoms with E-state index in [4.69, 9.17) is 4.74 Å². The second-order valence-electron chi connectivity index (χ2n) is 4.26. The Labute approximate surface area is 125 Å². The summed E-state index contributed by atoms with van der Waals surface area (Å²) in [6.45, 7) is 3.08. The van der Waals surface area contributed by atoms with Gasteiger partial charge in [-0.25, -0.2) is 0 Å². The lowest BCUT2D eigenvalue weighted by molar-refractivity contribution is -0.393. The first-order valence-electron chi connectivity index (χ1n) is 6.16. The molecule has 0 atom stereocenters. The molecule has 0 bridgehead atoms. The number of non-ortho nitro benzene ring substituents is 1. The molecular weight excluding hydrogens is 296 g/mol. The molecule has 0 aliphatic rings. The van der Waals surface area contributed by atoms with E-state index in [1.807, 2.05) is 0 Å². The molecule has 10 nitrogen and oxygen atoms in total. The summed E-state index contributed by atoms with van der Waals surface area (Å²) in [5.74, 6) is -0.410. The van der Waals surface area contributed by atoms with Gasteiger partial charge in [-0.2, -0.15) is 5.10 Å². The highest BCUT2D eigenvalue weighted by Crippen LogP contribution is 2.28. The van der Waals surface area contributed by atoms with Gasteiger partial charge < -0.3 is 4.74 Å². The van der Waals surface area contributed by atoms with Crippen LogP contribution in [0.25, 0.3) is 0 Å². The van der Waals surface area contributed by atoms with Gasteiger partial charge >= 0.3 is 11.7 Å². The van der Waals surface area contributed by atoms with Gasteiger partial charge in [0.05, 0.1) is 22.5 Å². The van der Waals surface area contributed by atoms with Crippen molar-refractivity contribution in [2.24, 2.45) is 5.10 Å². The van der Waals surface area contributed by atoms with Crippen LogP contribution in [0.2, 0.25) is 0 Å². The van der Waals surface area contributed by atoms with Crippen molar-refractivity contribution < 1.29 is 19.4 Å². The first kappa shape index (κ1) is 17.0. The topological polar surface area (TPSA) is 137 Å². The summed E-state index contributed by atoms with van der Waals surface area (Å²) in [4.78, 5) is 30.7. The van der Waals surface area contributed by atoms with Gasteiger partial charge in [0.2, 0.25) is 0 Å². The third-order valence-corrected chi connectivity index (χ3v) is 2.53. The van der Waals surface area contributed by atoms with Crippen molar-refractivity contribution in [3.05, 3.63) is 38.4 Å². The van der Waals surface area contributed by atoms with Crippen LogP contribution in [-0.2, 0) is 9.53 Å². The van der Waals surface area contributed by atoms with Crippen LogP contribution in [0, 0.1) is 20.2 Å². The second kappa shape index (κ2) is 7.67. The molecule has 22 heavy (non-hydrogen) atoms. The number of esters is 1. The number of rotatable bonds is 7. The number of nitrogens with zero attached hydrogens (tertiary/aromatic N) is 3. The summed E-state index contributed by atoms with van der Waals surface area (Å²) >= 11 is 0. The molecular formula is C12H14N4O6. The van der Waals surface area contributed by atoms with Crippen LogP contribution < -0.4 is 5.43 Å². The van der Waals surface area contributed by atoms with Gasteiger partial charge in [-0.05, 0) is 13.0 Å². The highest BCUT2D eigenvalue weighted by Gasteiger charge is 2.19.